The van der Waals surface area contributed by atoms with E-state index in [1.165, 1.54) is 6.07 Å². The maximum absolute atomic E-state index is 14.7. The molecular formula is C23H24ClF3N6O2. The van der Waals surface area contributed by atoms with Gasteiger partial charge in [0.25, 0.3) is 0 Å². The highest BCUT2D eigenvalue weighted by molar-refractivity contribution is 6.31. The second-order valence-corrected chi connectivity index (χ2v) is 9.12. The number of nitrogens with zero attached hydrogens (tertiary/aromatic N) is 3. The van der Waals surface area contributed by atoms with Crippen LogP contribution in [0.5, 0.6) is 0 Å². The largest absolute Gasteiger partial charge is 0.379 e. The third kappa shape index (κ3) is 4.56. The first-order valence-corrected chi connectivity index (χ1v) is 11.7. The third-order valence-corrected chi connectivity index (χ3v) is 6.82. The van der Waals surface area contributed by atoms with Crippen LogP contribution in [0, 0.1) is 22.9 Å². The Hall–Kier alpha value is -2.86. The molecule has 1 aromatic heterocycles. The van der Waals surface area contributed by atoms with Crippen LogP contribution >= 0.6 is 11.6 Å². The Morgan fingerprint density at radius 3 is 2.74 bits per heavy atom. The molecule has 0 radical (unpaired) electrons. The fourth-order valence-corrected chi connectivity index (χ4v) is 4.94. The highest BCUT2D eigenvalue weighted by Gasteiger charge is 2.33. The molecule has 2 unspecified atom stereocenters. The second-order valence-electron chi connectivity index (χ2n) is 8.71. The summed E-state index contributed by atoms with van der Waals surface area (Å²) < 4.78 is 48.2. The van der Waals surface area contributed by atoms with Crippen LogP contribution in [0.2, 0.25) is 5.02 Å². The number of rotatable bonds is 5. The summed E-state index contributed by atoms with van der Waals surface area (Å²) in [6.07, 6.45) is 3.12. The van der Waals surface area contributed by atoms with Gasteiger partial charge < -0.3 is 15.0 Å². The average Bonchev–Trinajstić information content (AvgIpc) is 3.53. The topological polar surface area (TPSA) is 100 Å². The maximum atomic E-state index is 14.7. The van der Waals surface area contributed by atoms with Gasteiger partial charge in [-0.3, -0.25) is 15.5 Å². The third-order valence-electron chi connectivity index (χ3n) is 6.53. The average molecular weight is 509 g/mol. The number of imidazole rings is 1. The minimum atomic E-state index is -1.23. The van der Waals surface area contributed by atoms with E-state index in [1.807, 2.05) is 0 Å². The molecule has 2 aromatic carbocycles. The summed E-state index contributed by atoms with van der Waals surface area (Å²) in [4.78, 5) is 9.54. The van der Waals surface area contributed by atoms with E-state index in [1.54, 1.807) is 0 Å². The second kappa shape index (κ2) is 9.65. The van der Waals surface area contributed by atoms with E-state index in [9.17, 15) is 18.4 Å². The lowest BCUT2D eigenvalue weighted by Gasteiger charge is -2.38. The summed E-state index contributed by atoms with van der Waals surface area (Å²) in [5, 5.41) is 22.3. The smallest absolute Gasteiger partial charge is 0.201 e. The zero-order valence-corrected chi connectivity index (χ0v) is 19.4. The summed E-state index contributed by atoms with van der Waals surface area (Å²) in [6.45, 7) is 3.10. The molecule has 3 heterocycles. The molecule has 0 saturated carbocycles. The quantitative estimate of drug-likeness (QED) is 0.230. The number of halogens is 4. The van der Waals surface area contributed by atoms with Crippen LogP contribution in [-0.2, 0) is 4.74 Å². The van der Waals surface area contributed by atoms with Crippen LogP contribution in [0.1, 0.15) is 24.8 Å². The van der Waals surface area contributed by atoms with E-state index >= 15 is 0 Å². The van der Waals surface area contributed by atoms with Gasteiger partial charge in [0.05, 0.1) is 28.9 Å². The summed E-state index contributed by atoms with van der Waals surface area (Å²) in [5.74, 6) is -3.48. The van der Waals surface area contributed by atoms with Crippen molar-refractivity contribution in [3.05, 3.63) is 52.3 Å². The molecule has 8 nitrogen and oxygen atoms in total. The maximum Gasteiger partial charge on any atom is 0.201 e. The van der Waals surface area contributed by atoms with Crippen molar-refractivity contribution in [3.63, 3.8) is 0 Å². The van der Waals surface area contributed by atoms with Crippen LogP contribution in [0.25, 0.3) is 11.0 Å². The molecule has 2 fully saturated rings. The number of aromatic amines is 1. The van der Waals surface area contributed by atoms with E-state index in [0.29, 0.717) is 18.3 Å². The molecule has 5 rings (SSSR count). The van der Waals surface area contributed by atoms with Gasteiger partial charge in [0.1, 0.15) is 11.3 Å². The molecule has 2 atom stereocenters. The standard InChI is InChI=1S/C23H24ClF3N6O2/c24-14-9-12(3-4-15(14)25)33(34)22(28)13-10-16(26)19(27)21-20(13)30-23(31-21)29-17-11-35-8-5-18(17)32-6-1-2-7-32/h3-4,9-10,17-18,28,34H,1-2,5-8,11H2,(H2,29,30,31). The lowest BCUT2D eigenvalue weighted by Crippen LogP contribution is -2.51. The van der Waals surface area contributed by atoms with Crippen LogP contribution in [0.4, 0.5) is 24.8 Å². The van der Waals surface area contributed by atoms with Crippen molar-refractivity contribution in [2.45, 2.75) is 31.3 Å². The lowest BCUT2D eigenvalue weighted by atomic mass is 10.0. The van der Waals surface area contributed by atoms with Gasteiger partial charge in [-0.15, -0.1) is 0 Å². The van der Waals surface area contributed by atoms with Gasteiger partial charge in [0, 0.05) is 18.2 Å². The summed E-state index contributed by atoms with van der Waals surface area (Å²) >= 11 is 5.77. The zero-order valence-electron chi connectivity index (χ0n) is 18.6. The van der Waals surface area contributed by atoms with Crippen molar-refractivity contribution in [1.82, 2.24) is 14.9 Å². The molecule has 4 N–H and O–H groups in total. The number of hydrogen-bond donors (Lipinski definition) is 4. The van der Waals surface area contributed by atoms with Crippen molar-refractivity contribution >= 4 is 40.1 Å². The number of anilines is 2. The fourth-order valence-electron chi connectivity index (χ4n) is 4.77. The van der Waals surface area contributed by atoms with Gasteiger partial charge in [0.2, 0.25) is 5.95 Å². The summed E-state index contributed by atoms with van der Waals surface area (Å²) in [7, 11) is 0. The highest BCUT2D eigenvalue weighted by Crippen LogP contribution is 2.29. The molecule has 2 saturated heterocycles. The Balaban J connectivity index is 1.47. The first-order valence-electron chi connectivity index (χ1n) is 11.3. The van der Waals surface area contributed by atoms with E-state index < -0.39 is 23.3 Å². The Morgan fingerprint density at radius 1 is 1.23 bits per heavy atom. The zero-order chi connectivity index (χ0) is 24.7. The molecule has 2 aliphatic heterocycles. The van der Waals surface area contributed by atoms with Gasteiger partial charge >= 0.3 is 0 Å². The van der Waals surface area contributed by atoms with E-state index in [4.69, 9.17) is 21.7 Å². The Morgan fingerprint density at radius 2 is 2.00 bits per heavy atom. The predicted octanol–water partition coefficient (Wildman–Crippen LogP) is 4.52. The Kier molecular flexibility index (Phi) is 6.58. The van der Waals surface area contributed by atoms with Crippen molar-refractivity contribution in [2.75, 3.05) is 36.7 Å². The van der Waals surface area contributed by atoms with Gasteiger partial charge in [-0.25, -0.2) is 23.2 Å². The van der Waals surface area contributed by atoms with Gasteiger partial charge in [0.15, 0.2) is 17.5 Å². The normalized spacial score (nSPS) is 20.9. The summed E-state index contributed by atoms with van der Waals surface area (Å²) in [6, 6.07) is 4.24. The molecule has 35 heavy (non-hydrogen) atoms. The van der Waals surface area contributed by atoms with Crippen LogP contribution < -0.4 is 10.4 Å². The number of nitrogens with one attached hydrogen (secondary N) is 3. The number of hydrogen-bond acceptors (Lipinski definition) is 6. The van der Waals surface area contributed by atoms with Crippen molar-refractivity contribution in [1.29, 1.82) is 5.41 Å². The van der Waals surface area contributed by atoms with Gasteiger partial charge in [-0.1, -0.05) is 11.6 Å². The molecule has 0 amide bonds. The van der Waals surface area contributed by atoms with Crippen LogP contribution in [-0.4, -0.2) is 64.3 Å². The Labute approximate surface area is 204 Å². The Bertz CT molecular complexity index is 1270. The van der Waals surface area contributed by atoms with E-state index in [0.717, 1.165) is 50.6 Å². The van der Waals surface area contributed by atoms with E-state index in [2.05, 4.69) is 20.2 Å². The minimum Gasteiger partial charge on any atom is -0.379 e. The number of fused-ring (bicyclic) bond motifs is 1. The predicted molar refractivity (Wildman–Crippen MR) is 126 cm³/mol. The molecule has 2 aliphatic rings. The first kappa shape index (κ1) is 23.9. The number of H-pyrrole nitrogens is 1. The van der Waals surface area contributed by atoms with Gasteiger partial charge in [-0.05, 0) is 56.6 Å². The number of amidine groups is 1. The minimum absolute atomic E-state index is 0.0232. The highest BCUT2D eigenvalue weighted by atomic mass is 35.5. The number of hydroxylamine groups is 1. The van der Waals surface area contributed by atoms with Crippen molar-refractivity contribution in [2.24, 2.45) is 0 Å². The number of likely N-dealkylation sites (tertiary alicyclic amines) is 1. The van der Waals surface area contributed by atoms with Crippen molar-refractivity contribution < 1.29 is 23.1 Å². The molecule has 186 valence electrons. The number of benzene rings is 2. The fraction of sp³-hybridized carbons (Fsp3) is 0.391. The van der Waals surface area contributed by atoms with Crippen LogP contribution in [0.15, 0.2) is 24.3 Å². The summed E-state index contributed by atoms with van der Waals surface area (Å²) in [5.41, 5.74) is -0.450. The number of ether oxygens (including phenoxy) is 1. The molecule has 12 heteroatoms. The number of aromatic nitrogens is 2. The lowest BCUT2D eigenvalue weighted by molar-refractivity contribution is 0.0316. The van der Waals surface area contributed by atoms with Crippen LogP contribution in [0.3, 0.4) is 0 Å². The molecule has 3 aromatic rings. The molecular weight excluding hydrogens is 485 g/mol. The molecule has 0 aliphatic carbocycles. The first-order chi connectivity index (χ1) is 16.8. The SMILES string of the molecule is N=C(c1cc(F)c(F)c2nc(NC3COCCC3N3CCCC3)[nH]c12)N(O)c1ccc(F)c(Cl)c1. The van der Waals surface area contributed by atoms with Crippen molar-refractivity contribution in [3.8, 4) is 0 Å². The van der Waals surface area contributed by atoms with Gasteiger partial charge in [-0.2, -0.15) is 0 Å². The molecule has 0 bridgehead atoms. The monoisotopic (exact) mass is 508 g/mol. The van der Waals surface area contributed by atoms with E-state index in [-0.39, 0.29) is 45.3 Å². The molecule has 0 spiro atoms.